The molecule has 0 fully saturated rings. The van der Waals surface area contributed by atoms with Gasteiger partial charge in [0.1, 0.15) is 0 Å². The van der Waals surface area contributed by atoms with Crippen molar-refractivity contribution >= 4 is 22.5 Å². The van der Waals surface area contributed by atoms with E-state index in [9.17, 15) is 9.90 Å². The molecule has 0 saturated carbocycles. The lowest BCUT2D eigenvalue weighted by Gasteiger charge is -2.03. The number of aromatic nitrogens is 1. The van der Waals surface area contributed by atoms with Crippen LogP contribution in [0.5, 0.6) is 0 Å². The Morgan fingerprint density at radius 3 is 3.00 bits per heavy atom. The van der Waals surface area contributed by atoms with Gasteiger partial charge in [0.05, 0.1) is 11.8 Å². The minimum absolute atomic E-state index is 0.250. The van der Waals surface area contributed by atoms with Crippen LogP contribution in [0, 0.1) is 0 Å². The maximum absolute atomic E-state index is 11.3. The van der Waals surface area contributed by atoms with Crippen molar-refractivity contribution in [3.63, 3.8) is 0 Å². The molecule has 1 rings (SSSR count). The standard InChI is InChI=1S/C10H17N3O2S/c1-3-4-5-11-9(15)13-10-12-8(6-16-10)7(2)14/h6-7,14H,3-5H2,1-2H3,(H2,11,12,13,15). The highest BCUT2D eigenvalue weighted by Gasteiger charge is 2.08. The molecule has 16 heavy (non-hydrogen) atoms. The number of anilines is 1. The molecular weight excluding hydrogens is 226 g/mol. The normalized spacial score (nSPS) is 12.2. The number of unbranched alkanes of at least 4 members (excludes halogenated alkanes) is 1. The van der Waals surface area contributed by atoms with Crippen LogP contribution >= 0.6 is 11.3 Å². The number of carbonyl (C=O) groups excluding carboxylic acids is 1. The lowest BCUT2D eigenvalue weighted by molar-refractivity contribution is 0.195. The predicted octanol–water partition coefficient (Wildman–Crippen LogP) is 2.12. The highest BCUT2D eigenvalue weighted by molar-refractivity contribution is 7.13. The fourth-order valence-electron chi connectivity index (χ4n) is 1.06. The second kappa shape index (κ2) is 6.44. The molecule has 1 aromatic heterocycles. The van der Waals surface area contributed by atoms with Gasteiger partial charge < -0.3 is 10.4 Å². The summed E-state index contributed by atoms with van der Waals surface area (Å²) in [5.74, 6) is 0. The maximum Gasteiger partial charge on any atom is 0.321 e. The Morgan fingerprint density at radius 2 is 2.44 bits per heavy atom. The van der Waals surface area contributed by atoms with E-state index in [-0.39, 0.29) is 6.03 Å². The highest BCUT2D eigenvalue weighted by atomic mass is 32.1. The topological polar surface area (TPSA) is 74.2 Å². The summed E-state index contributed by atoms with van der Waals surface area (Å²) in [5.41, 5.74) is 0.578. The SMILES string of the molecule is CCCCNC(=O)Nc1nc(C(C)O)cs1. The molecule has 1 aromatic rings. The number of nitrogens with one attached hydrogen (secondary N) is 2. The van der Waals surface area contributed by atoms with Crippen molar-refractivity contribution in [2.45, 2.75) is 32.8 Å². The Bertz CT molecular complexity index is 339. The molecule has 0 radical (unpaired) electrons. The second-order valence-corrected chi connectivity index (χ2v) is 4.35. The zero-order chi connectivity index (χ0) is 12.0. The molecule has 3 N–H and O–H groups in total. The third-order valence-electron chi connectivity index (χ3n) is 1.99. The van der Waals surface area contributed by atoms with Crippen molar-refractivity contribution in [3.05, 3.63) is 11.1 Å². The summed E-state index contributed by atoms with van der Waals surface area (Å²) < 4.78 is 0. The van der Waals surface area contributed by atoms with Crippen LogP contribution in [0.1, 0.15) is 38.5 Å². The van der Waals surface area contributed by atoms with Gasteiger partial charge in [0, 0.05) is 11.9 Å². The first-order chi connectivity index (χ1) is 7.63. The van der Waals surface area contributed by atoms with Crippen LogP contribution < -0.4 is 10.6 Å². The predicted molar refractivity (Wildman–Crippen MR) is 64.7 cm³/mol. The number of urea groups is 1. The van der Waals surface area contributed by atoms with Crippen molar-refractivity contribution in [2.24, 2.45) is 0 Å². The summed E-state index contributed by atoms with van der Waals surface area (Å²) in [6.45, 7) is 4.37. The summed E-state index contributed by atoms with van der Waals surface area (Å²) >= 11 is 1.30. The number of nitrogens with zero attached hydrogens (tertiary/aromatic N) is 1. The van der Waals surface area contributed by atoms with E-state index < -0.39 is 6.10 Å². The Balaban J connectivity index is 2.37. The number of amides is 2. The molecule has 1 atom stereocenters. The van der Waals surface area contributed by atoms with E-state index in [0.29, 0.717) is 17.4 Å². The Labute approximate surface area is 98.9 Å². The third-order valence-corrected chi connectivity index (χ3v) is 2.76. The molecule has 0 aliphatic heterocycles. The quantitative estimate of drug-likeness (QED) is 0.693. The van der Waals surface area contributed by atoms with Crippen molar-refractivity contribution in [1.82, 2.24) is 10.3 Å². The van der Waals surface area contributed by atoms with E-state index in [1.165, 1.54) is 11.3 Å². The van der Waals surface area contributed by atoms with E-state index >= 15 is 0 Å². The molecular formula is C10H17N3O2S. The summed E-state index contributed by atoms with van der Waals surface area (Å²) in [4.78, 5) is 15.4. The number of hydrogen-bond acceptors (Lipinski definition) is 4. The van der Waals surface area contributed by atoms with Crippen LogP contribution in [0.25, 0.3) is 0 Å². The van der Waals surface area contributed by atoms with Gasteiger partial charge in [0.15, 0.2) is 5.13 Å². The van der Waals surface area contributed by atoms with Gasteiger partial charge in [-0.2, -0.15) is 0 Å². The first-order valence-corrected chi connectivity index (χ1v) is 6.19. The Kier molecular flexibility index (Phi) is 5.21. The molecule has 0 aliphatic carbocycles. The van der Waals surface area contributed by atoms with Crippen molar-refractivity contribution < 1.29 is 9.90 Å². The monoisotopic (exact) mass is 243 g/mol. The van der Waals surface area contributed by atoms with Gasteiger partial charge in [-0.1, -0.05) is 13.3 Å². The lowest BCUT2D eigenvalue weighted by atomic mass is 10.3. The average molecular weight is 243 g/mol. The molecule has 2 amide bonds. The fourth-order valence-corrected chi connectivity index (χ4v) is 1.85. The fraction of sp³-hybridized carbons (Fsp3) is 0.600. The first kappa shape index (κ1) is 12.9. The first-order valence-electron chi connectivity index (χ1n) is 5.31. The van der Waals surface area contributed by atoms with E-state index in [1.807, 2.05) is 0 Å². The average Bonchev–Trinajstić information content (AvgIpc) is 2.66. The molecule has 1 unspecified atom stereocenters. The van der Waals surface area contributed by atoms with Crippen LogP contribution in [0.3, 0.4) is 0 Å². The molecule has 0 saturated heterocycles. The van der Waals surface area contributed by atoms with Gasteiger partial charge >= 0.3 is 6.03 Å². The summed E-state index contributed by atoms with van der Waals surface area (Å²) in [6.07, 6.45) is 1.41. The number of carbonyl (C=O) groups is 1. The minimum atomic E-state index is -0.602. The second-order valence-electron chi connectivity index (χ2n) is 3.49. The summed E-state index contributed by atoms with van der Waals surface area (Å²) in [5, 5.41) is 16.8. The molecule has 0 aliphatic rings. The Morgan fingerprint density at radius 1 is 1.69 bits per heavy atom. The zero-order valence-electron chi connectivity index (χ0n) is 9.49. The molecule has 90 valence electrons. The van der Waals surface area contributed by atoms with E-state index in [0.717, 1.165) is 12.8 Å². The van der Waals surface area contributed by atoms with Crippen LogP contribution in [0.15, 0.2) is 5.38 Å². The van der Waals surface area contributed by atoms with Gasteiger partial charge in [0.2, 0.25) is 0 Å². The number of hydrogen-bond donors (Lipinski definition) is 3. The van der Waals surface area contributed by atoms with Crippen LogP contribution in [0.4, 0.5) is 9.93 Å². The molecule has 6 heteroatoms. The van der Waals surface area contributed by atoms with Crippen LogP contribution in [-0.4, -0.2) is 22.7 Å². The van der Waals surface area contributed by atoms with Crippen molar-refractivity contribution in [2.75, 3.05) is 11.9 Å². The van der Waals surface area contributed by atoms with Crippen molar-refractivity contribution in [1.29, 1.82) is 0 Å². The zero-order valence-corrected chi connectivity index (χ0v) is 10.3. The summed E-state index contributed by atoms with van der Waals surface area (Å²) in [7, 11) is 0. The van der Waals surface area contributed by atoms with Gasteiger partial charge in [0.25, 0.3) is 0 Å². The third kappa shape index (κ3) is 4.16. The Hall–Kier alpha value is -1.14. The smallest absolute Gasteiger partial charge is 0.321 e. The summed E-state index contributed by atoms with van der Waals surface area (Å²) in [6, 6.07) is -0.250. The van der Waals surface area contributed by atoms with Gasteiger partial charge in [-0.3, -0.25) is 5.32 Å². The van der Waals surface area contributed by atoms with Gasteiger partial charge in [-0.25, -0.2) is 9.78 Å². The van der Waals surface area contributed by atoms with Crippen LogP contribution in [0.2, 0.25) is 0 Å². The molecule has 1 heterocycles. The highest BCUT2D eigenvalue weighted by Crippen LogP contribution is 2.19. The molecule has 5 nitrogen and oxygen atoms in total. The van der Waals surface area contributed by atoms with E-state index in [2.05, 4.69) is 22.5 Å². The van der Waals surface area contributed by atoms with E-state index in [4.69, 9.17) is 0 Å². The lowest BCUT2D eigenvalue weighted by Crippen LogP contribution is -2.29. The molecule has 0 aromatic carbocycles. The van der Waals surface area contributed by atoms with Crippen LogP contribution in [-0.2, 0) is 0 Å². The molecule has 0 bridgehead atoms. The number of thiazole rings is 1. The van der Waals surface area contributed by atoms with Gasteiger partial charge in [-0.15, -0.1) is 11.3 Å². The largest absolute Gasteiger partial charge is 0.387 e. The number of aliphatic hydroxyl groups excluding tert-OH is 1. The number of rotatable bonds is 5. The number of aliphatic hydroxyl groups is 1. The molecule has 0 spiro atoms. The van der Waals surface area contributed by atoms with E-state index in [1.54, 1.807) is 12.3 Å². The minimum Gasteiger partial charge on any atom is -0.387 e. The van der Waals surface area contributed by atoms with Gasteiger partial charge in [-0.05, 0) is 13.3 Å². The van der Waals surface area contributed by atoms with Crippen molar-refractivity contribution in [3.8, 4) is 0 Å². The maximum atomic E-state index is 11.3.